The van der Waals surface area contributed by atoms with Crippen molar-refractivity contribution < 1.29 is 8.42 Å². The van der Waals surface area contributed by atoms with Gasteiger partial charge in [-0.3, -0.25) is 4.99 Å². The van der Waals surface area contributed by atoms with Crippen molar-refractivity contribution in [1.82, 2.24) is 4.31 Å². The van der Waals surface area contributed by atoms with E-state index in [2.05, 4.69) is 27.0 Å². The first-order valence-corrected chi connectivity index (χ1v) is 11.2. The molecule has 0 aromatic heterocycles. The van der Waals surface area contributed by atoms with Crippen LogP contribution >= 0.6 is 15.9 Å². The van der Waals surface area contributed by atoms with E-state index in [1.165, 1.54) is 5.56 Å². The molecule has 142 valence electrons. The Morgan fingerprint density at radius 1 is 0.929 bits per heavy atom. The van der Waals surface area contributed by atoms with Crippen LogP contribution < -0.4 is 0 Å². The first-order valence-electron chi connectivity index (χ1n) is 8.99. The van der Waals surface area contributed by atoms with Gasteiger partial charge in [-0.25, -0.2) is 8.42 Å². The van der Waals surface area contributed by atoms with E-state index < -0.39 is 10.0 Å². The summed E-state index contributed by atoms with van der Waals surface area (Å²) in [5.41, 5.74) is 3.99. The third kappa shape index (κ3) is 4.09. The van der Waals surface area contributed by atoms with E-state index >= 15 is 0 Å². The molecule has 0 fully saturated rings. The average Bonchev–Trinajstić information content (AvgIpc) is 2.72. The maximum absolute atomic E-state index is 13.0. The number of halogens is 1. The highest BCUT2D eigenvalue weighted by atomic mass is 79.9. The van der Waals surface area contributed by atoms with Gasteiger partial charge >= 0.3 is 0 Å². The molecule has 28 heavy (non-hydrogen) atoms. The maximum atomic E-state index is 13.0. The van der Waals surface area contributed by atoms with Crippen LogP contribution in [0, 0.1) is 0 Å². The van der Waals surface area contributed by atoms with E-state index in [1.807, 2.05) is 42.5 Å². The quantitative estimate of drug-likeness (QED) is 0.523. The molecule has 0 radical (unpaired) electrons. The topological polar surface area (TPSA) is 49.7 Å². The monoisotopic (exact) mass is 454 g/mol. The largest absolute Gasteiger partial charge is 0.256 e. The zero-order chi connectivity index (χ0) is 19.6. The summed E-state index contributed by atoms with van der Waals surface area (Å²) >= 11 is 3.43. The molecule has 1 aliphatic rings. The van der Waals surface area contributed by atoms with Gasteiger partial charge in [0.1, 0.15) is 0 Å². The molecule has 4 nitrogen and oxygen atoms in total. The molecule has 0 amide bonds. The molecular formula is C22H19BrN2O2S. The molecule has 0 N–H and O–H groups in total. The molecule has 1 heterocycles. The van der Waals surface area contributed by atoms with Gasteiger partial charge in [0.2, 0.25) is 10.0 Å². The third-order valence-corrected chi connectivity index (χ3v) is 7.13. The van der Waals surface area contributed by atoms with Crippen LogP contribution in [0.25, 0.3) is 0 Å². The fraction of sp³-hybridized carbons (Fsp3) is 0.136. The molecule has 0 saturated heterocycles. The summed E-state index contributed by atoms with van der Waals surface area (Å²) in [6, 6.07) is 22.6. The number of nitrogens with zero attached hydrogens (tertiary/aromatic N) is 2. The summed E-state index contributed by atoms with van der Waals surface area (Å²) in [7, 11) is -3.52. The molecule has 0 saturated carbocycles. The number of rotatable bonds is 4. The zero-order valence-corrected chi connectivity index (χ0v) is 17.5. The van der Waals surface area contributed by atoms with E-state index in [0.29, 0.717) is 23.7 Å². The van der Waals surface area contributed by atoms with Gasteiger partial charge in [0.15, 0.2) is 0 Å². The van der Waals surface area contributed by atoms with Gasteiger partial charge in [-0.2, -0.15) is 4.31 Å². The fourth-order valence-corrected chi connectivity index (χ4v) is 5.10. The van der Waals surface area contributed by atoms with Crippen molar-refractivity contribution in [2.24, 2.45) is 4.99 Å². The fourth-order valence-electron chi connectivity index (χ4n) is 3.26. The number of sulfonamides is 1. The summed E-state index contributed by atoms with van der Waals surface area (Å²) in [5.74, 6) is 0. The highest BCUT2D eigenvalue weighted by molar-refractivity contribution is 9.10. The lowest BCUT2D eigenvalue weighted by atomic mass is 10.0. The Bertz CT molecular complexity index is 1130. The Morgan fingerprint density at radius 3 is 2.43 bits per heavy atom. The minimum atomic E-state index is -3.52. The van der Waals surface area contributed by atoms with Gasteiger partial charge in [0, 0.05) is 23.8 Å². The van der Waals surface area contributed by atoms with Crippen LogP contribution in [0.2, 0.25) is 0 Å². The van der Waals surface area contributed by atoms with Crippen LogP contribution in [-0.4, -0.2) is 25.5 Å². The first kappa shape index (κ1) is 19.1. The van der Waals surface area contributed by atoms with Crippen LogP contribution in [0.4, 0.5) is 5.69 Å². The van der Waals surface area contributed by atoms with Crippen molar-refractivity contribution in [2.75, 3.05) is 6.54 Å². The molecule has 4 rings (SSSR count). The molecule has 0 spiro atoms. The summed E-state index contributed by atoms with van der Waals surface area (Å²) in [5, 5.41) is 0. The lowest BCUT2D eigenvalue weighted by Crippen LogP contribution is -2.35. The Kier molecular flexibility index (Phi) is 5.44. The highest BCUT2D eigenvalue weighted by Gasteiger charge is 2.27. The molecule has 6 heteroatoms. The SMILES string of the molecule is O=S(=O)(c1ccc(N=Cc2cccc(Br)c2)cc1)N1CCc2ccccc2C1. The number of hydrogen-bond donors (Lipinski definition) is 0. The van der Waals surface area contributed by atoms with Gasteiger partial charge in [0.05, 0.1) is 10.6 Å². The molecule has 3 aromatic carbocycles. The lowest BCUT2D eigenvalue weighted by Gasteiger charge is -2.28. The number of hydrogen-bond acceptors (Lipinski definition) is 3. The van der Waals surface area contributed by atoms with Crippen LogP contribution in [-0.2, 0) is 23.0 Å². The molecule has 0 unspecified atom stereocenters. The van der Waals surface area contributed by atoms with Gasteiger partial charge < -0.3 is 0 Å². The Morgan fingerprint density at radius 2 is 1.68 bits per heavy atom. The predicted molar refractivity (Wildman–Crippen MR) is 116 cm³/mol. The van der Waals surface area contributed by atoms with Crippen LogP contribution in [0.5, 0.6) is 0 Å². The van der Waals surface area contributed by atoms with Gasteiger partial charge in [-0.05, 0) is 59.5 Å². The highest BCUT2D eigenvalue weighted by Crippen LogP contribution is 2.26. The zero-order valence-electron chi connectivity index (χ0n) is 15.1. The molecule has 0 aliphatic carbocycles. The van der Waals surface area contributed by atoms with Gasteiger partial charge in [0.25, 0.3) is 0 Å². The van der Waals surface area contributed by atoms with Gasteiger partial charge in [-0.1, -0.05) is 52.3 Å². The smallest absolute Gasteiger partial charge is 0.243 e. The standard InChI is InChI=1S/C22H19BrN2O2S/c23-20-7-3-4-17(14-20)15-24-21-8-10-22(11-9-21)28(26,27)25-13-12-18-5-1-2-6-19(18)16-25/h1-11,14-15H,12-13,16H2. The van der Waals surface area contributed by atoms with Crippen molar-refractivity contribution in [3.63, 3.8) is 0 Å². The summed E-state index contributed by atoms with van der Waals surface area (Å²) in [6.45, 7) is 0.920. The van der Waals surface area contributed by atoms with E-state index in [-0.39, 0.29) is 0 Å². The summed E-state index contributed by atoms with van der Waals surface area (Å²) < 4.78 is 28.6. The van der Waals surface area contributed by atoms with Crippen molar-refractivity contribution >= 4 is 37.9 Å². The van der Waals surface area contributed by atoms with Crippen LogP contribution in [0.3, 0.4) is 0 Å². The number of aliphatic imine (C=N–C) groups is 1. The van der Waals surface area contributed by atoms with E-state index in [4.69, 9.17) is 0 Å². The van der Waals surface area contributed by atoms with Crippen molar-refractivity contribution in [1.29, 1.82) is 0 Å². The van der Waals surface area contributed by atoms with E-state index in [0.717, 1.165) is 22.0 Å². The van der Waals surface area contributed by atoms with E-state index in [9.17, 15) is 8.42 Å². The van der Waals surface area contributed by atoms with Crippen LogP contribution in [0.1, 0.15) is 16.7 Å². The van der Waals surface area contributed by atoms with E-state index in [1.54, 1.807) is 34.8 Å². The molecule has 3 aromatic rings. The molecule has 0 bridgehead atoms. The number of benzene rings is 3. The van der Waals surface area contributed by atoms with Gasteiger partial charge in [-0.15, -0.1) is 0 Å². The second kappa shape index (κ2) is 7.99. The molecule has 1 aliphatic heterocycles. The van der Waals surface area contributed by atoms with Crippen molar-refractivity contribution in [2.45, 2.75) is 17.9 Å². The lowest BCUT2D eigenvalue weighted by molar-refractivity contribution is 0.391. The Labute approximate surface area is 173 Å². The minimum Gasteiger partial charge on any atom is -0.256 e. The van der Waals surface area contributed by atoms with Crippen molar-refractivity contribution in [3.05, 3.63) is 94.0 Å². The Hall–Kier alpha value is -2.28. The molecular weight excluding hydrogens is 436 g/mol. The van der Waals surface area contributed by atoms with Crippen molar-refractivity contribution in [3.8, 4) is 0 Å². The first-order chi connectivity index (χ1) is 13.5. The normalized spacial score (nSPS) is 14.9. The number of fused-ring (bicyclic) bond motifs is 1. The second-order valence-corrected chi connectivity index (χ2v) is 9.52. The second-order valence-electron chi connectivity index (χ2n) is 6.66. The molecule has 0 atom stereocenters. The summed E-state index contributed by atoms with van der Waals surface area (Å²) in [6.07, 6.45) is 2.50. The predicted octanol–water partition coefficient (Wildman–Crippen LogP) is 4.95. The average molecular weight is 455 g/mol. The Balaban J connectivity index is 1.52. The maximum Gasteiger partial charge on any atom is 0.243 e. The summed E-state index contributed by atoms with van der Waals surface area (Å²) in [4.78, 5) is 4.73. The van der Waals surface area contributed by atoms with Crippen LogP contribution in [0.15, 0.2) is 87.2 Å². The third-order valence-electron chi connectivity index (χ3n) is 4.78. The minimum absolute atomic E-state index is 0.299.